The molecule has 5 N–H and O–H groups in total. The molecule has 1 unspecified atom stereocenters. The second-order valence-corrected chi connectivity index (χ2v) is 4.49. The maximum Gasteiger partial charge on any atom is 0.415 e. The van der Waals surface area contributed by atoms with Crippen LogP contribution in [0, 0.1) is 0 Å². The molecule has 20 heavy (non-hydrogen) atoms. The Morgan fingerprint density at radius 1 is 1.20 bits per heavy atom. The molecule has 5 nitrogen and oxygen atoms in total. The van der Waals surface area contributed by atoms with Crippen LogP contribution in [-0.2, 0) is 16.0 Å². The average Bonchev–Trinajstić information content (AvgIpc) is 2.29. The number of rotatable bonds is 4. The highest BCUT2D eigenvalue weighted by Gasteiger charge is 2.53. The lowest BCUT2D eigenvalue weighted by Crippen LogP contribution is -2.59. The third-order valence-corrected chi connectivity index (χ3v) is 2.65. The fourth-order valence-corrected chi connectivity index (χ4v) is 1.30. The molecule has 0 spiro atoms. The van der Waals surface area contributed by atoms with Crippen molar-refractivity contribution in [2.45, 2.75) is 25.1 Å². The van der Waals surface area contributed by atoms with Crippen LogP contribution in [0.15, 0.2) is 24.3 Å². The van der Waals surface area contributed by atoms with E-state index in [9.17, 15) is 22.8 Å². The van der Waals surface area contributed by atoms with Crippen molar-refractivity contribution in [1.82, 2.24) is 0 Å². The minimum Gasteiger partial charge on any atom is -0.369 e. The average molecular weight is 289 g/mol. The zero-order valence-electron chi connectivity index (χ0n) is 10.6. The van der Waals surface area contributed by atoms with Gasteiger partial charge in [-0.1, -0.05) is 12.1 Å². The Bertz CT molecular complexity index is 510. The van der Waals surface area contributed by atoms with Gasteiger partial charge in [-0.2, -0.15) is 13.2 Å². The molecule has 0 radical (unpaired) electrons. The van der Waals surface area contributed by atoms with Crippen LogP contribution in [0.3, 0.4) is 0 Å². The number of carbonyl (C=O) groups excluding carboxylic acids is 2. The number of amides is 2. The third-order valence-electron chi connectivity index (χ3n) is 2.65. The second-order valence-electron chi connectivity index (χ2n) is 4.49. The van der Waals surface area contributed by atoms with E-state index in [2.05, 4.69) is 5.32 Å². The van der Waals surface area contributed by atoms with E-state index in [1.807, 2.05) is 0 Å². The van der Waals surface area contributed by atoms with Crippen molar-refractivity contribution in [3.05, 3.63) is 29.8 Å². The van der Waals surface area contributed by atoms with E-state index in [1.54, 1.807) is 0 Å². The summed E-state index contributed by atoms with van der Waals surface area (Å²) in [6.45, 7) is 0.587. The summed E-state index contributed by atoms with van der Waals surface area (Å²) in [5, 5.41) is 2.07. The Morgan fingerprint density at radius 2 is 1.70 bits per heavy atom. The quantitative estimate of drug-likeness (QED) is 0.769. The number of alkyl halides is 3. The van der Waals surface area contributed by atoms with Crippen LogP contribution in [0.2, 0.25) is 0 Å². The van der Waals surface area contributed by atoms with E-state index in [0.29, 0.717) is 12.5 Å². The number of nitrogens with one attached hydrogen (secondary N) is 1. The normalized spacial score (nSPS) is 14.4. The van der Waals surface area contributed by atoms with Gasteiger partial charge in [-0.05, 0) is 24.6 Å². The van der Waals surface area contributed by atoms with Crippen molar-refractivity contribution in [3.8, 4) is 0 Å². The number of carbonyl (C=O) groups is 2. The van der Waals surface area contributed by atoms with Gasteiger partial charge in [-0.15, -0.1) is 0 Å². The lowest BCUT2D eigenvalue weighted by molar-refractivity contribution is -0.184. The van der Waals surface area contributed by atoms with Crippen LogP contribution < -0.4 is 16.8 Å². The van der Waals surface area contributed by atoms with Gasteiger partial charge in [-0.25, -0.2) is 0 Å². The van der Waals surface area contributed by atoms with E-state index in [4.69, 9.17) is 11.5 Å². The molecule has 2 amide bonds. The number of primary amides is 1. The Hall–Kier alpha value is -2.09. The number of anilines is 1. The Kier molecular flexibility index (Phi) is 4.39. The molecule has 1 aromatic carbocycles. The highest BCUT2D eigenvalue weighted by molar-refractivity contribution is 5.98. The summed E-state index contributed by atoms with van der Waals surface area (Å²) >= 11 is 0. The van der Waals surface area contributed by atoms with Gasteiger partial charge in [-0.3, -0.25) is 9.59 Å². The summed E-state index contributed by atoms with van der Waals surface area (Å²) in [6.07, 6.45) is -4.85. The molecule has 0 aliphatic heterocycles. The van der Waals surface area contributed by atoms with E-state index in [1.165, 1.54) is 24.3 Å². The van der Waals surface area contributed by atoms with E-state index >= 15 is 0 Å². The summed E-state index contributed by atoms with van der Waals surface area (Å²) in [6, 6.07) is 5.68. The molecule has 110 valence electrons. The topological polar surface area (TPSA) is 98.2 Å². The van der Waals surface area contributed by atoms with Gasteiger partial charge >= 0.3 is 6.18 Å². The monoisotopic (exact) mass is 289 g/mol. The molecule has 0 aliphatic carbocycles. The molecule has 8 heteroatoms. The zero-order valence-corrected chi connectivity index (χ0v) is 10.6. The largest absolute Gasteiger partial charge is 0.415 e. The smallest absolute Gasteiger partial charge is 0.369 e. The summed E-state index contributed by atoms with van der Waals surface area (Å²) < 4.78 is 37.7. The summed E-state index contributed by atoms with van der Waals surface area (Å²) in [7, 11) is 0. The lowest BCUT2D eigenvalue weighted by atomic mass is 10.0. The van der Waals surface area contributed by atoms with Crippen molar-refractivity contribution in [1.29, 1.82) is 0 Å². The van der Waals surface area contributed by atoms with Crippen LogP contribution in [-0.4, -0.2) is 23.5 Å². The first-order chi connectivity index (χ1) is 9.04. The molecule has 0 aliphatic rings. The summed E-state index contributed by atoms with van der Waals surface area (Å²) in [4.78, 5) is 22.2. The minimum atomic E-state index is -4.86. The molecule has 0 bridgehead atoms. The molecule has 0 saturated heterocycles. The van der Waals surface area contributed by atoms with Gasteiger partial charge in [0, 0.05) is 5.69 Å². The van der Waals surface area contributed by atoms with Gasteiger partial charge in [0.25, 0.3) is 5.91 Å². The van der Waals surface area contributed by atoms with Gasteiger partial charge in [0.15, 0.2) is 5.54 Å². The third kappa shape index (κ3) is 3.70. The fourth-order valence-electron chi connectivity index (χ4n) is 1.30. The maximum atomic E-state index is 12.6. The lowest BCUT2D eigenvalue weighted by Gasteiger charge is -2.26. The van der Waals surface area contributed by atoms with Gasteiger partial charge in [0.2, 0.25) is 5.91 Å². The fraction of sp³-hybridized carbons (Fsp3) is 0.333. The second kappa shape index (κ2) is 5.49. The van der Waals surface area contributed by atoms with Gasteiger partial charge in [0.05, 0.1) is 6.42 Å². The first kappa shape index (κ1) is 16.0. The van der Waals surface area contributed by atoms with Crippen LogP contribution in [0.1, 0.15) is 12.5 Å². The van der Waals surface area contributed by atoms with Crippen LogP contribution >= 0.6 is 0 Å². The van der Waals surface area contributed by atoms with Gasteiger partial charge in [0.1, 0.15) is 0 Å². The van der Waals surface area contributed by atoms with Gasteiger partial charge < -0.3 is 16.8 Å². The molecular formula is C12H14F3N3O2. The van der Waals surface area contributed by atoms with Crippen molar-refractivity contribution < 1.29 is 22.8 Å². The van der Waals surface area contributed by atoms with E-state index < -0.39 is 23.5 Å². The summed E-state index contributed by atoms with van der Waals surface area (Å²) in [5.74, 6) is -1.90. The molecule has 1 aromatic rings. The molecule has 0 aromatic heterocycles. The number of halogens is 3. The SMILES string of the molecule is CC(N)(C(=O)Nc1ccc(CC(N)=O)cc1)C(F)(F)F. The highest BCUT2D eigenvalue weighted by Crippen LogP contribution is 2.29. The molecule has 0 saturated carbocycles. The zero-order chi connectivity index (χ0) is 15.6. The van der Waals surface area contributed by atoms with E-state index in [-0.39, 0.29) is 12.1 Å². The van der Waals surface area contributed by atoms with Crippen molar-refractivity contribution in [2.24, 2.45) is 11.5 Å². The van der Waals surface area contributed by atoms with Crippen LogP contribution in [0.5, 0.6) is 0 Å². The molecule has 1 atom stereocenters. The minimum absolute atomic E-state index is 0.00534. The molecule has 0 fully saturated rings. The number of benzene rings is 1. The van der Waals surface area contributed by atoms with Crippen LogP contribution in [0.25, 0.3) is 0 Å². The maximum absolute atomic E-state index is 12.6. The van der Waals surface area contributed by atoms with E-state index in [0.717, 1.165) is 0 Å². The first-order valence-electron chi connectivity index (χ1n) is 5.58. The first-order valence-corrected chi connectivity index (χ1v) is 5.58. The van der Waals surface area contributed by atoms with Crippen molar-refractivity contribution in [3.63, 3.8) is 0 Å². The number of hydrogen-bond acceptors (Lipinski definition) is 3. The Labute approximate surface area is 113 Å². The highest BCUT2D eigenvalue weighted by atomic mass is 19.4. The predicted octanol–water partition coefficient (Wildman–Crippen LogP) is 0.933. The number of nitrogens with two attached hydrogens (primary N) is 2. The molecule has 1 rings (SSSR count). The Morgan fingerprint density at radius 3 is 2.10 bits per heavy atom. The predicted molar refractivity (Wildman–Crippen MR) is 66.6 cm³/mol. The summed E-state index contributed by atoms with van der Waals surface area (Å²) in [5.41, 5.74) is 7.72. The number of hydrogen-bond donors (Lipinski definition) is 3. The van der Waals surface area contributed by atoms with Crippen molar-refractivity contribution in [2.75, 3.05) is 5.32 Å². The van der Waals surface area contributed by atoms with Crippen molar-refractivity contribution >= 4 is 17.5 Å². The standard InChI is InChI=1S/C12H14F3N3O2/c1-11(17,12(13,14)15)10(20)18-8-4-2-7(3-5-8)6-9(16)19/h2-5H,6,17H2,1H3,(H2,16,19)(H,18,20). The molecular weight excluding hydrogens is 275 g/mol. The molecule has 0 heterocycles. The Balaban J connectivity index is 2.79. The van der Waals surface area contributed by atoms with Crippen LogP contribution in [0.4, 0.5) is 18.9 Å².